The van der Waals surface area contributed by atoms with Crippen LogP contribution in [-0.2, 0) is 13.1 Å². The first kappa shape index (κ1) is 13.9. The second kappa shape index (κ2) is 5.74. The average Bonchev–Trinajstić information content (AvgIpc) is 2.86. The van der Waals surface area contributed by atoms with Crippen LogP contribution in [0.2, 0.25) is 0 Å². The highest BCUT2D eigenvalue weighted by atomic mass is 14.9. The van der Waals surface area contributed by atoms with Crippen LogP contribution in [0.3, 0.4) is 0 Å². The van der Waals surface area contributed by atoms with Crippen molar-refractivity contribution in [2.45, 2.75) is 26.9 Å². The molecule has 0 spiro atoms. The van der Waals surface area contributed by atoms with Crippen molar-refractivity contribution in [3.8, 4) is 0 Å². The number of aryl methyl sites for hydroxylation is 2. The van der Waals surface area contributed by atoms with Crippen molar-refractivity contribution >= 4 is 10.9 Å². The maximum atomic E-state index is 3.20. The van der Waals surface area contributed by atoms with Crippen LogP contribution in [0.15, 0.2) is 48.7 Å². The number of fused-ring (bicyclic) bond motifs is 1. The largest absolute Gasteiger partial charge is 0.343 e. The van der Waals surface area contributed by atoms with Gasteiger partial charge in [0.25, 0.3) is 0 Å². The lowest BCUT2D eigenvalue weighted by atomic mass is 10.1. The molecule has 3 rings (SSSR count). The zero-order chi connectivity index (χ0) is 14.8. The Morgan fingerprint density at radius 3 is 2.48 bits per heavy atom. The van der Waals surface area contributed by atoms with Gasteiger partial charge in [-0.15, -0.1) is 0 Å². The molecule has 2 nitrogen and oxygen atoms in total. The highest BCUT2D eigenvalue weighted by molar-refractivity contribution is 5.81. The van der Waals surface area contributed by atoms with Crippen molar-refractivity contribution in [3.05, 3.63) is 70.9 Å². The molecule has 0 saturated carbocycles. The molecule has 108 valence electrons. The number of rotatable bonds is 4. The van der Waals surface area contributed by atoms with E-state index in [1.165, 1.54) is 33.2 Å². The quantitative estimate of drug-likeness (QED) is 0.762. The van der Waals surface area contributed by atoms with Crippen LogP contribution in [0.25, 0.3) is 10.9 Å². The van der Waals surface area contributed by atoms with Gasteiger partial charge in [-0.25, -0.2) is 0 Å². The molecule has 3 aromatic rings. The Morgan fingerprint density at radius 2 is 1.71 bits per heavy atom. The number of aromatic nitrogens is 1. The van der Waals surface area contributed by atoms with E-state index in [4.69, 9.17) is 0 Å². The van der Waals surface area contributed by atoms with Crippen molar-refractivity contribution in [2.75, 3.05) is 7.05 Å². The smallest absolute Gasteiger partial charge is 0.0483 e. The van der Waals surface area contributed by atoms with Gasteiger partial charge < -0.3 is 9.88 Å². The molecule has 0 atom stereocenters. The maximum Gasteiger partial charge on any atom is 0.0483 e. The topological polar surface area (TPSA) is 17.0 Å². The van der Waals surface area contributed by atoms with Crippen LogP contribution in [0, 0.1) is 13.8 Å². The van der Waals surface area contributed by atoms with Gasteiger partial charge in [0.1, 0.15) is 0 Å². The third-order valence-corrected chi connectivity index (χ3v) is 4.14. The first-order chi connectivity index (χ1) is 10.2. The van der Waals surface area contributed by atoms with E-state index in [1.807, 2.05) is 7.05 Å². The molecule has 21 heavy (non-hydrogen) atoms. The summed E-state index contributed by atoms with van der Waals surface area (Å²) in [6.45, 7) is 6.18. The molecule has 0 amide bonds. The highest BCUT2D eigenvalue weighted by Crippen LogP contribution is 2.20. The summed E-state index contributed by atoms with van der Waals surface area (Å²) in [6.07, 6.45) is 2.18. The van der Waals surface area contributed by atoms with Gasteiger partial charge in [0, 0.05) is 24.8 Å². The van der Waals surface area contributed by atoms with E-state index < -0.39 is 0 Å². The fourth-order valence-corrected chi connectivity index (χ4v) is 2.80. The van der Waals surface area contributed by atoms with Gasteiger partial charge >= 0.3 is 0 Å². The van der Waals surface area contributed by atoms with Crippen molar-refractivity contribution in [1.29, 1.82) is 0 Å². The predicted octanol–water partition coefficient (Wildman–Crippen LogP) is 4.03. The Hall–Kier alpha value is -2.06. The standard InChI is InChI=1S/C19H22N2/c1-14-4-5-17(10-15(14)2)13-21-9-8-18-11-16(12-20-3)6-7-19(18)21/h4-11,20H,12-13H2,1-3H3. The van der Waals surface area contributed by atoms with E-state index in [9.17, 15) is 0 Å². The predicted molar refractivity (Wildman–Crippen MR) is 89.7 cm³/mol. The number of benzene rings is 2. The van der Waals surface area contributed by atoms with Crippen LogP contribution in [-0.4, -0.2) is 11.6 Å². The number of nitrogens with zero attached hydrogens (tertiary/aromatic N) is 1. The van der Waals surface area contributed by atoms with Crippen molar-refractivity contribution < 1.29 is 0 Å². The molecule has 0 bridgehead atoms. The molecule has 1 heterocycles. The Balaban J connectivity index is 1.91. The molecule has 0 aliphatic rings. The average molecular weight is 278 g/mol. The zero-order valence-electron chi connectivity index (χ0n) is 13.0. The minimum absolute atomic E-state index is 0.915. The minimum atomic E-state index is 0.915. The lowest BCUT2D eigenvalue weighted by molar-refractivity contribution is 0.817. The fraction of sp³-hybridized carbons (Fsp3) is 0.263. The third-order valence-electron chi connectivity index (χ3n) is 4.14. The van der Waals surface area contributed by atoms with Gasteiger partial charge in [0.05, 0.1) is 0 Å². The summed E-state index contributed by atoms with van der Waals surface area (Å²) in [5.41, 5.74) is 6.70. The normalized spacial score (nSPS) is 11.2. The van der Waals surface area contributed by atoms with Crippen LogP contribution in [0.1, 0.15) is 22.3 Å². The Labute approximate surface area is 126 Å². The summed E-state index contributed by atoms with van der Waals surface area (Å²) in [6, 6.07) is 15.6. The summed E-state index contributed by atoms with van der Waals surface area (Å²) >= 11 is 0. The van der Waals surface area contributed by atoms with Crippen LogP contribution >= 0.6 is 0 Å². The summed E-state index contributed by atoms with van der Waals surface area (Å²) in [4.78, 5) is 0. The third kappa shape index (κ3) is 2.86. The van der Waals surface area contributed by atoms with Gasteiger partial charge in [-0.05, 0) is 66.7 Å². The van der Waals surface area contributed by atoms with E-state index in [0.717, 1.165) is 13.1 Å². The molecule has 2 aromatic carbocycles. The molecule has 0 radical (unpaired) electrons. The molecular formula is C19H22N2. The summed E-state index contributed by atoms with van der Waals surface area (Å²) < 4.78 is 2.32. The van der Waals surface area contributed by atoms with Gasteiger partial charge in [-0.2, -0.15) is 0 Å². The molecule has 0 unspecified atom stereocenters. The van der Waals surface area contributed by atoms with Crippen molar-refractivity contribution in [2.24, 2.45) is 0 Å². The molecule has 0 saturated heterocycles. The van der Waals surface area contributed by atoms with Gasteiger partial charge in [-0.1, -0.05) is 24.3 Å². The fourth-order valence-electron chi connectivity index (χ4n) is 2.80. The van der Waals surface area contributed by atoms with E-state index in [1.54, 1.807) is 0 Å². The van der Waals surface area contributed by atoms with Gasteiger partial charge in [-0.3, -0.25) is 0 Å². The van der Waals surface area contributed by atoms with Crippen LogP contribution < -0.4 is 5.32 Å². The van der Waals surface area contributed by atoms with Gasteiger partial charge in [0.15, 0.2) is 0 Å². The number of hydrogen-bond donors (Lipinski definition) is 1. The molecule has 0 aliphatic heterocycles. The molecule has 0 aliphatic carbocycles. The monoisotopic (exact) mass is 278 g/mol. The van der Waals surface area contributed by atoms with Crippen molar-refractivity contribution in [3.63, 3.8) is 0 Å². The van der Waals surface area contributed by atoms with Gasteiger partial charge in [0.2, 0.25) is 0 Å². The van der Waals surface area contributed by atoms with Crippen LogP contribution in [0.4, 0.5) is 0 Å². The summed E-state index contributed by atoms with van der Waals surface area (Å²) in [5.74, 6) is 0. The highest BCUT2D eigenvalue weighted by Gasteiger charge is 2.04. The molecule has 1 aromatic heterocycles. The second-order valence-corrected chi connectivity index (χ2v) is 5.79. The van der Waals surface area contributed by atoms with E-state index in [-0.39, 0.29) is 0 Å². The SMILES string of the molecule is CNCc1ccc2c(ccn2Cc2ccc(C)c(C)c2)c1. The Kier molecular flexibility index (Phi) is 3.80. The maximum absolute atomic E-state index is 3.20. The minimum Gasteiger partial charge on any atom is -0.343 e. The summed E-state index contributed by atoms with van der Waals surface area (Å²) in [7, 11) is 1.98. The van der Waals surface area contributed by atoms with E-state index in [0.29, 0.717) is 0 Å². The van der Waals surface area contributed by atoms with Crippen molar-refractivity contribution in [1.82, 2.24) is 9.88 Å². The molecule has 0 fully saturated rings. The molecular weight excluding hydrogens is 256 g/mol. The first-order valence-corrected chi connectivity index (χ1v) is 7.46. The summed E-state index contributed by atoms with van der Waals surface area (Å²) in [5, 5.41) is 4.51. The van der Waals surface area contributed by atoms with E-state index >= 15 is 0 Å². The second-order valence-electron chi connectivity index (χ2n) is 5.79. The number of nitrogens with one attached hydrogen (secondary N) is 1. The Morgan fingerprint density at radius 1 is 0.905 bits per heavy atom. The van der Waals surface area contributed by atoms with Crippen LogP contribution in [0.5, 0.6) is 0 Å². The number of hydrogen-bond acceptors (Lipinski definition) is 1. The molecule has 1 N–H and O–H groups in total. The Bertz CT molecular complexity index is 768. The first-order valence-electron chi connectivity index (χ1n) is 7.46. The lowest BCUT2D eigenvalue weighted by Crippen LogP contribution is -2.04. The van der Waals surface area contributed by atoms with E-state index in [2.05, 4.69) is 72.4 Å². The molecule has 2 heteroatoms. The zero-order valence-corrected chi connectivity index (χ0v) is 13.0. The lowest BCUT2D eigenvalue weighted by Gasteiger charge is -2.09.